The van der Waals surface area contributed by atoms with E-state index in [4.69, 9.17) is 4.74 Å². The van der Waals surface area contributed by atoms with Crippen LogP contribution in [0, 0.1) is 5.82 Å². The number of ether oxygens (including phenoxy) is 1. The standard InChI is InChI=1S/C16H18FN3O3S/c17-14-4-1-3-13(11-14)12-24(21,22)20-9-6-15(7-10-20)23-16-5-2-8-18-19-16/h1-5,8,11,15H,6-7,9-10,12H2. The van der Waals surface area contributed by atoms with Crippen molar-refractivity contribution in [1.29, 1.82) is 0 Å². The molecule has 0 unspecified atom stereocenters. The van der Waals surface area contributed by atoms with Crippen LogP contribution < -0.4 is 4.74 Å². The zero-order chi connectivity index (χ0) is 17.0. The Hall–Kier alpha value is -2.06. The molecule has 0 aliphatic carbocycles. The lowest BCUT2D eigenvalue weighted by Crippen LogP contribution is -2.42. The minimum atomic E-state index is -3.47. The number of halogens is 1. The van der Waals surface area contributed by atoms with Gasteiger partial charge in [-0.15, -0.1) is 5.10 Å². The molecule has 0 bridgehead atoms. The Bertz CT molecular complexity index is 778. The molecule has 0 spiro atoms. The third-order valence-corrected chi connectivity index (χ3v) is 5.72. The topological polar surface area (TPSA) is 72.4 Å². The molecule has 6 nitrogen and oxygen atoms in total. The highest BCUT2D eigenvalue weighted by Crippen LogP contribution is 2.21. The molecule has 2 heterocycles. The van der Waals surface area contributed by atoms with Crippen molar-refractivity contribution in [2.24, 2.45) is 0 Å². The number of hydrogen-bond acceptors (Lipinski definition) is 5. The quantitative estimate of drug-likeness (QED) is 0.824. The molecule has 128 valence electrons. The van der Waals surface area contributed by atoms with E-state index in [0.29, 0.717) is 37.4 Å². The summed E-state index contributed by atoms with van der Waals surface area (Å²) >= 11 is 0. The molecule has 3 rings (SSSR count). The van der Waals surface area contributed by atoms with E-state index in [1.54, 1.807) is 24.4 Å². The van der Waals surface area contributed by atoms with Crippen LogP contribution in [0.2, 0.25) is 0 Å². The van der Waals surface area contributed by atoms with Crippen molar-refractivity contribution in [3.05, 3.63) is 54.0 Å². The number of sulfonamides is 1. The summed E-state index contributed by atoms with van der Waals surface area (Å²) in [5.74, 6) is -0.183. The number of benzene rings is 1. The third kappa shape index (κ3) is 4.27. The lowest BCUT2D eigenvalue weighted by Gasteiger charge is -2.31. The molecule has 1 aromatic carbocycles. The van der Waals surface area contributed by atoms with Gasteiger partial charge in [-0.2, -0.15) is 5.10 Å². The summed E-state index contributed by atoms with van der Waals surface area (Å²) in [5.41, 5.74) is 0.452. The molecule has 1 fully saturated rings. The fourth-order valence-electron chi connectivity index (χ4n) is 2.68. The Kier molecular flexibility index (Phi) is 5.06. The van der Waals surface area contributed by atoms with E-state index in [1.807, 2.05) is 0 Å². The first kappa shape index (κ1) is 16.8. The zero-order valence-electron chi connectivity index (χ0n) is 13.0. The van der Waals surface area contributed by atoms with Crippen molar-refractivity contribution in [2.45, 2.75) is 24.7 Å². The van der Waals surface area contributed by atoms with E-state index < -0.39 is 15.8 Å². The molecule has 0 N–H and O–H groups in total. The van der Waals surface area contributed by atoms with E-state index in [2.05, 4.69) is 10.2 Å². The minimum Gasteiger partial charge on any atom is -0.473 e. The van der Waals surface area contributed by atoms with Crippen molar-refractivity contribution < 1.29 is 17.5 Å². The van der Waals surface area contributed by atoms with Crippen LogP contribution in [0.3, 0.4) is 0 Å². The molecule has 0 saturated carbocycles. The van der Waals surface area contributed by atoms with Crippen molar-refractivity contribution >= 4 is 10.0 Å². The van der Waals surface area contributed by atoms with Gasteiger partial charge in [-0.05, 0) is 36.6 Å². The molecule has 1 aliphatic rings. The SMILES string of the molecule is O=S(=O)(Cc1cccc(F)c1)N1CCC(Oc2cccnn2)CC1. The molecule has 0 amide bonds. The first-order valence-corrected chi connectivity index (χ1v) is 9.30. The number of nitrogens with zero attached hydrogens (tertiary/aromatic N) is 3. The highest BCUT2D eigenvalue weighted by atomic mass is 32.2. The second kappa shape index (κ2) is 7.23. The molecule has 0 radical (unpaired) electrons. The summed E-state index contributed by atoms with van der Waals surface area (Å²) in [4.78, 5) is 0. The first-order valence-electron chi connectivity index (χ1n) is 7.69. The van der Waals surface area contributed by atoms with Gasteiger partial charge in [-0.3, -0.25) is 0 Å². The summed E-state index contributed by atoms with van der Waals surface area (Å²) < 4.78 is 45.3. The lowest BCUT2D eigenvalue weighted by molar-refractivity contribution is 0.128. The van der Waals surface area contributed by atoms with E-state index in [9.17, 15) is 12.8 Å². The summed E-state index contributed by atoms with van der Waals surface area (Å²) in [5, 5.41) is 7.61. The first-order chi connectivity index (χ1) is 11.5. The highest BCUT2D eigenvalue weighted by Gasteiger charge is 2.29. The van der Waals surface area contributed by atoms with Crippen LogP contribution >= 0.6 is 0 Å². The van der Waals surface area contributed by atoms with Gasteiger partial charge in [0.2, 0.25) is 15.9 Å². The van der Waals surface area contributed by atoms with Crippen LogP contribution in [0.25, 0.3) is 0 Å². The van der Waals surface area contributed by atoms with Crippen LogP contribution in [0.5, 0.6) is 5.88 Å². The van der Waals surface area contributed by atoms with Crippen LogP contribution in [-0.4, -0.2) is 42.1 Å². The fraction of sp³-hybridized carbons (Fsp3) is 0.375. The van der Waals surface area contributed by atoms with Gasteiger partial charge in [0.05, 0.1) is 5.75 Å². The average Bonchev–Trinajstić information content (AvgIpc) is 2.56. The summed E-state index contributed by atoms with van der Waals surface area (Å²) in [6.07, 6.45) is 2.65. The molecular formula is C16H18FN3O3S. The predicted molar refractivity (Wildman–Crippen MR) is 86.3 cm³/mol. The molecule has 1 aliphatic heterocycles. The maximum absolute atomic E-state index is 13.2. The summed E-state index contributed by atoms with van der Waals surface area (Å²) in [6, 6.07) is 9.14. The lowest BCUT2D eigenvalue weighted by atomic mass is 10.1. The maximum atomic E-state index is 13.2. The Morgan fingerprint density at radius 1 is 1.21 bits per heavy atom. The van der Waals surface area contributed by atoms with Crippen LogP contribution in [0.15, 0.2) is 42.6 Å². The molecule has 1 aromatic heterocycles. The zero-order valence-corrected chi connectivity index (χ0v) is 13.8. The second-order valence-electron chi connectivity index (χ2n) is 5.66. The average molecular weight is 351 g/mol. The van der Waals surface area contributed by atoms with Gasteiger partial charge in [-0.1, -0.05) is 12.1 Å². The Balaban J connectivity index is 1.57. The van der Waals surface area contributed by atoms with Gasteiger partial charge in [0.1, 0.15) is 11.9 Å². The molecule has 2 aromatic rings. The third-order valence-electron chi connectivity index (χ3n) is 3.87. The van der Waals surface area contributed by atoms with Gasteiger partial charge in [0, 0.05) is 25.4 Å². The minimum absolute atomic E-state index is 0.0812. The van der Waals surface area contributed by atoms with E-state index in [1.165, 1.54) is 22.5 Å². The molecule has 24 heavy (non-hydrogen) atoms. The summed E-state index contributed by atoms with van der Waals surface area (Å²) in [7, 11) is -3.47. The molecular weight excluding hydrogens is 333 g/mol. The predicted octanol–water partition coefficient (Wildman–Crippen LogP) is 1.99. The smallest absolute Gasteiger partial charge is 0.233 e. The van der Waals surface area contributed by atoms with Crippen LogP contribution in [0.4, 0.5) is 4.39 Å². The number of hydrogen-bond donors (Lipinski definition) is 0. The van der Waals surface area contributed by atoms with Crippen molar-refractivity contribution in [3.63, 3.8) is 0 Å². The number of piperidine rings is 1. The van der Waals surface area contributed by atoms with Gasteiger partial charge < -0.3 is 4.74 Å². The largest absolute Gasteiger partial charge is 0.473 e. The van der Waals surface area contributed by atoms with Gasteiger partial charge in [-0.25, -0.2) is 17.1 Å². The van der Waals surface area contributed by atoms with Gasteiger partial charge >= 0.3 is 0 Å². The Morgan fingerprint density at radius 2 is 2.00 bits per heavy atom. The van der Waals surface area contributed by atoms with Gasteiger partial charge in [0.15, 0.2) is 0 Å². The Labute approximate surface area is 140 Å². The van der Waals surface area contributed by atoms with E-state index in [0.717, 1.165) is 0 Å². The summed E-state index contributed by atoms with van der Waals surface area (Å²) in [6.45, 7) is 0.755. The van der Waals surface area contributed by atoms with Crippen LogP contribution in [0.1, 0.15) is 18.4 Å². The van der Waals surface area contributed by atoms with E-state index >= 15 is 0 Å². The second-order valence-corrected chi connectivity index (χ2v) is 7.63. The number of rotatable bonds is 5. The fourth-order valence-corrected chi connectivity index (χ4v) is 4.23. The van der Waals surface area contributed by atoms with Crippen molar-refractivity contribution in [1.82, 2.24) is 14.5 Å². The molecule has 1 saturated heterocycles. The number of aromatic nitrogens is 2. The molecule has 8 heteroatoms. The Morgan fingerprint density at radius 3 is 2.67 bits per heavy atom. The monoisotopic (exact) mass is 351 g/mol. The van der Waals surface area contributed by atoms with Gasteiger partial charge in [0.25, 0.3) is 0 Å². The normalized spacial score (nSPS) is 16.9. The van der Waals surface area contributed by atoms with Crippen LogP contribution in [-0.2, 0) is 15.8 Å². The molecule has 0 atom stereocenters. The van der Waals surface area contributed by atoms with E-state index in [-0.39, 0.29) is 11.9 Å². The highest BCUT2D eigenvalue weighted by molar-refractivity contribution is 7.88. The van der Waals surface area contributed by atoms with Crippen molar-refractivity contribution in [2.75, 3.05) is 13.1 Å². The maximum Gasteiger partial charge on any atom is 0.233 e. The van der Waals surface area contributed by atoms with Crippen molar-refractivity contribution in [3.8, 4) is 5.88 Å².